The van der Waals surface area contributed by atoms with Crippen LogP contribution in [0.15, 0.2) is 18.2 Å². The van der Waals surface area contributed by atoms with Gasteiger partial charge in [0.25, 0.3) is 0 Å². The molecule has 1 fully saturated rings. The molecule has 1 aliphatic carbocycles. The monoisotopic (exact) mass is 205 g/mol. The largest absolute Gasteiger partial charge is 0.496 e. The molecule has 0 atom stereocenters. The Bertz CT molecular complexity index is 418. The van der Waals surface area contributed by atoms with Gasteiger partial charge in [0, 0.05) is 0 Å². The molecule has 0 saturated heterocycles. The van der Waals surface area contributed by atoms with Crippen LogP contribution < -0.4 is 4.74 Å². The maximum atomic E-state index is 13.7. The van der Waals surface area contributed by atoms with Crippen LogP contribution in [-0.4, -0.2) is 7.11 Å². The summed E-state index contributed by atoms with van der Waals surface area (Å²) in [4.78, 5) is 0. The van der Waals surface area contributed by atoms with E-state index in [1.165, 1.54) is 13.2 Å². The predicted molar refractivity (Wildman–Crippen MR) is 54.1 cm³/mol. The third-order valence-corrected chi connectivity index (χ3v) is 3.09. The topological polar surface area (TPSA) is 33.0 Å². The van der Waals surface area contributed by atoms with Gasteiger partial charge in [0.05, 0.1) is 24.2 Å². The van der Waals surface area contributed by atoms with Crippen molar-refractivity contribution in [1.29, 1.82) is 5.26 Å². The van der Waals surface area contributed by atoms with E-state index >= 15 is 0 Å². The van der Waals surface area contributed by atoms with Crippen LogP contribution in [0.4, 0.5) is 4.39 Å². The standard InChI is InChI=1S/C12H12FNO/c1-15-10-5-2-4-9(13)11(10)12(8-14)6-3-7-12/h2,4-5H,3,6-7H2,1H3. The van der Waals surface area contributed by atoms with Crippen molar-refractivity contribution < 1.29 is 9.13 Å². The minimum atomic E-state index is -0.656. The van der Waals surface area contributed by atoms with Crippen molar-refractivity contribution >= 4 is 0 Å². The van der Waals surface area contributed by atoms with Crippen LogP contribution in [0, 0.1) is 17.1 Å². The van der Waals surface area contributed by atoms with Gasteiger partial charge < -0.3 is 4.74 Å². The highest BCUT2D eigenvalue weighted by molar-refractivity contribution is 5.46. The number of nitriles is 1. The molecule has 3 heteroatoms. The van der Waals surface area contributed by atoms with Crippen LogP contribution in [0.25, 0.3) is 0 Å². The zero-order chi connectivity index (χ0) is 10.9. The molecule has 0 aromatic heterocycles. The number of hydrogen-bond acceptors (Lipinski definition) is 2. The van der Waals surface area contributed by atoms with E-state index in [9.17, 15) is 4.39 Å². The fraction of sp³-hybridized carbons (Fsp3) is 0.417. The molecular formula is C12H12FNO. The maximum Gasteiger partial charge on any atom is 0.131 e. The average molecular weight is 205 g/mol. The Balaban J connectivity index is 2.56. The number of ether oxygens (including phenoxy) is 1. The lowest BCUT2D eigenvalue weighted by atomic mass is 9.65. The lowest BCUT2D eigenvalue weighted by molar-refractivity contribution is 0.295. The zero-order valence-electron chi connectivity index (χ0n) is 8.59. The first kappa shape index (κ1) is 9.97. The summed E-state index contributed by atoms with van der Waals surface area (Å²) in [5.74, 6) is 0.145. The molecule has 0 bridgehead atoms. The van der Waals surface area contributed by atoms with Gasteiger partial charge >= 0.3 is 0 Å². The highest BCUT2D eigenvalue weighted by atomic mass is 19.1. The Labute approximate surface area is 88.3 Å². The number of methoxy groups -OCH3 is 1. The second kappa shape index (κ2) is 3.54. The van der Waals surface area contributed by atoms with Gasteiger partial charge in [-0.1, -0.05) is 6.07 Å². The van der Waals surface area contributed by atoms with Crippen LogP contribution in [0.3, 0.4) is 0 Å². The van der Waals surface area contributed by atoms with E-state index in [-0.39, 0.29) is 5.82 Å². The van der Waals surface area contributed by atoms with Gasteiger partial charge in [0.15, 0.2) is 0 Å². The van der Waals surface area contributed by atoms with Crippen molar-refractivity contribution in [2.45, 2.75) is 24.7 Å². The summed E-state index contributed by atoms with van der Waals surface area (Å²) in [5.41, 5.74) is -0.224. The smallest absolute Gasteiger partial charge is 0.131 e. The van der Waals surface area contributed by atoms with Gasteiger partial charge in [0.1, 0.15) is 11.6 Å². The van der Waals surface area contributed by atoms with Gasteiger partial charge in [-0.2, -0.15) is 5.26 Å². The molecule has 0 spiro atoms. The van der Waals surface area contributed by atoms with Crippen LogP contribution in [0.5, 0.6) is 5.75 Å². The van der Waals surface area contributed by atoms with Crippen molar-refractivity contribution in [3.63, 3.8) is 0 Å². The van der Waals surface area contributed by atoms with Crippen molar-refractivity contribution in [2.75, 3.05) is 7.11 Å². The van der Waals surface area contributed by atoms with Gasteiger partial charge in [0.2, 0.25) is 0 Å². The minimum Gasteiger partial charge on any atom is -0.496 e. The SMILES string of the molecule is COc1cccc(F)c1C1(C#N)CCC1. The molecule has 1 saturated carbocycles. The van der Waals surface area contributed by atoms with E-state index in [0.717, 1.165) is 19.3 Å². The molecule has 1 aromatic carbocycles. The fourth-order valence-electron chi connectivity index (χ4n) is 2.09. The molecular weight excluding hydrogens is 193 g/mol. The first-order chi connectivity index (χ1) is 7.23. The summed E-state index contributed by atoms with van der Waals surface area (Å²) >= 11 is 0. The Morgan fingerprint density at radius 1 is 1.47 bits per heavy atom. The molecule has 0 heterocycles. The van der Waals surface area contributed by atoms with E-state index < -0.39 is 5.41 Å². The average Bonchev–Trinajstić information content (AvgIpc) is 2.19. The summed E-state index contributed by atoms with van der Waals surface area (Å²) in [6, 6.07) is 6.91. The highest BCUT2D eigenvalue weighted by Crippen LogP contribution is 2.47. The summed E-state index contributed by atoms with van der Waals surface area (Å²) in [6.07, 6.45) is 2.42. The van der Waals surface area contributed by atoms with Crippen LogP contribution in [0.1, 0.15) is 24.8 Å². The molecule has 0 aliphatic heterocycles. The Hall–Kier alpha value is -1.56. The van der Waals surface area contributed by atoms with Gasteiger partial charge in [-0.05, 0) is 31.4 Å². The molecule has 78 valence electrons. The van der Waals surface area contributed by atoms with E-state index in [0.29, 0.717) is 11.3 Å². The molecule has 1 aliphatic rings. The molecule has 1 aromatic rings. The molecule has 0 amide bonds. The van der Waals surface area contributed by atoms with E-state index in [1.807, 2.05) is 0 Å². The van der Waals surface area contributed by atoms with Crippen molar-refractivity contribution in [3.8, 4) is 11.8 Å². The molecule has 2 rings (SSSR count). The highest BCUT2D eigenvalue weighted by Gasteiger charge is 2.43. The van der Waals surface area contributed by atoms with E-state index in [1.54, 1.807) is 12.1 Å². The Kier molecular flexibility index (Phi) is 2.36. The van der Waals surface area contributed by atoms with Crippen molar-refractivity contribution in [3.05, 3.63) is 29.6 Å². The number of benzene rings is 1. The van der Waals surface area contributed by atoms with Crippen molar-refractivity contribution in [2.24, 2.45) is 0 Å². The van der Waals surface area contributed by atoms with E-state index in [2.05, 4.69) is 6.07 Å². The molecule has 0 radical (unpaired) electrons. The lowest BCUT2D eigenvalue weighted by Gasteiger charge is -2.36. The van der Waals surface area contributed by atoms with Crippen molar-refractivity contribution in [1.82, 2.24) is 0 Å². The first-order valence-corrected chi connectivity index (χ1v) is 4.98. The molecule has 15 heavy (non-hydrogen) atoms. The summed E-state index contributed by atoms with van der Waals surface area (Å²) < 4.78 is 18.8. The van der Waals surface area contributed by atoms with Crippen LogP contribution in [0.2, 0.25) is 0 Å². The number of nitrogens with zero attached hydrogens (tertiary/aromatic N) is 1. The fourth-order valence-corrected chi connectivity index (χ4v) is 2.09. The third-order valence-electron chi connectivity index (χ3n) is 3.09. The summed E-state index contributed by atoms with van der Waals surface area (Å²) in [7, 11) is 1.50. The van der Waals surface area contributed by atoms with Crippen LogP contribution in [-0.2, 0) is 5.41 Å². The number of rotatable bonds is 2. The summed E-state index contributed by atoms with van der Waals surface area (Å²) in [6.45, 7) is 0. The lowest BCUT2D eigenvalue weighted by Crippen LogP contribution is -2.33. The van der Waals surface area contributed by atoms with Gasteiger partial charge in [-0.3, -0.25) is 0 Å². The van der Waals surface area contributed by atoms with E-state index in [4.69, 9.17) is 10.00 Å². The van der Waals surface area contributed by atoms with Crippen LogP contribution >= 0.6 is 0 Å². The number of halogens is 1. The summed E-state index contributed by atoms with van der Waals surface area (Å²) in [5, 5.41) is 9.16. The van der Waals surface area contributed by atoms with Gasteiger partial charge in [-0.15, -0.1) is 0 Å². The molecule has 0 unspecified atom stereocenters. The number of hydrogen-bond donors (Lipinski definition) is 0. The third kappa shape index (κ3) is 1.37. The second-order valence-electron chi connectivity index (χ2n) is 3.86. The predicted octanol–water partition coefficient (Wildman–Crippen LogP) is 2.78. The van der Waals surface area contributed by atoms with Gasteiger partial charge in [-0.25, -0.2) is 4.39 Å². The molecule has 2 nitrogen and oxygen atoms in total. The Morgan fingerprint density at radius 2 is 2.20 bits per heavy atom. The first-order valence-electron chi connectivity index (χ1n) is 4.98. The quantitative estimate of drug-likeness (QED) is 0.743. The Morgan fingerprint density at radius 3 is 2.67 bits per heavy atom. The minimum absolute atomic E-state index is 0.337. The zero-order valence-corrected chi connectivity index (χ0v) is 8.59. The normalized spacial score (nSPS) is 17.7. The maximum absolute atomic E-state index is 13.7. The second-order valence-corrected chi connectivity index (χ2v) is 3.86. The molecule has 0 N–H and O–H groups in total.